The molecule has 138 valence electrons. The maximum Gasteiger partial charge on any atom is 0.238 e. The molecule has 0 bridgehead atoms. The van der Waals surface area contributed by atoms with E-state index in [1.807, 2.05) is 25.7 Å². The van der Waals surface area contributed by atoms with Crippen LogP contribution in [0.3, 0.4) is 0 Å². The predicted molar refractivity (Wildman–Crippen MR) is 99.4 cm³/mol. The van der Waals surface area contributed by atoms with Gasteiger partial charge in [-0.1, -0.05) is 6.92 Å². The molecule has 0 heterocycles. The monoisotopic (exact) mass is 348 g/mol. The van der Waals surface area contributed by atoms with Crippen LogP contribution < -0.4 is 10.6 Å². The molecule has 0 saturated heterocycles. The first-order valence-electron chi connectivity index (χ1n) is 8.57. The number of carbonyl (C=O) groups excluding carboxylic acids is 3. The van der Waals surface area contributed by atoms with Crippen molar-refractivity contribution in [1.82, 2.24) is 9.80 Å². The second-order valence-electron chi connectivity index (χ2n) is 5.68. The maximum atomic E-state index is 12.2. The predicted octanol–water partition coefficient (Wildman–Crippen LogP) is 1.77. The van der Waals surface area contributed by atoms with Gasteiger partial charge in [-0.05, 0) is 44.7 Å². The molecule has 0 aromatic heterocycles. The summed E-state index contributed by atoms with van der Waals surface area (Å²) in [5.74, 6) is -0.297. The first-order chi connectivity index (χ1) is 11.9. The second-order valence-corrected chi connectivity index (χ2v) is 5.68. The highest BCUT2D eigenvalue weighted by atomic mass is 16.2. The Morgan fingerprint density at radius 2 is 1.36 bits per heavy atom. The molecule has 7 heteroatoms. The Morgan fingerprint density at radius 1 is 0.840 bits per heavy atom. The molecule has 7 nitrogen and oxygen atoms in total. The average molecular weight is 348 g/mol. The smallest absolute Gasteiger partial charge is 0.238 e. The first-order valence-corrected chi connectivity index (χ1v) is 8.57. The molecule has 1 aromatic rings. The van der Waals surface area contributed by atoms with E-state index in [9.17, 15) is 14.4 Å². The highest BCUT2D eigenvalue weighted by molar-refractivity contribution is 5.93. The van der Waals surface area contributed by atoms with Gasteiger partial charge in [-0.25, -0.2) is 0 Å². The molecule has 3 amide bonds. The molecule has 25 heavy (non-hydrogen) atoms. The molecule has 0 saturated carbocycles. The van der Waals surface area contributed by atoms with E-state index in [0.29, 0.717) is 31.0 Å². The minimum absolute atomic E-state index is 0.0271. The van der Waals surface area contributed by atoms with E-state index in [-0.39, 0.29) is 30.8 Å². The highest BCUT2D eigenvalue weighted by Gasteiger charge is 2.16. The van der Waals surface area contributed by atoms with E-state index in [2.05, 4.69) is 10.6 Å². The van der Waals surface area contributed by atoms with Crippen molar-refractivity contribution in [1.29, 1.82) is 0 Å². The van der Waals surface area contributed by atoms with Gasteiger partial charge in [0.1, 0.15) is 0 Å². The topological polar surface area (TPSA) is 81.8 Å². The van der Waals surface area contributed by atoms with Gasteiger partial charge in [-0.2, -0.15) is 0 Å². The normalized spacial score (nSPS) is 10.4. The number of benzene rings is 1. The maximum absolute atomic E-state index is 12.2. The van der Waals surface area contributed by atoms with E-state index in [1.54, 1.807) is 29.2 Å². The molecule has 0 unspecified atom stereocenters. The van der Waals surface area contributed by atoms with Crippen molar-refractivity contribution in [2.75, 3.05) is 43.4 Å². The largest absolute Gasteiger partial charge is 0.342 e. The molecule has 0 spiro atoms. The summed E-state index contributed by atoms with van der Waals surface area (Å²) in [5, 5.41) is 5.47. The third-order valence-corrected chi connectivity index (χ3v) is 3.78. The Morgan fingerprint density at radius 3 is 1.80 bits per heavy atom. The summed E-state index contributed by atoms with van der Waals surface area (Å²) >= 11 is 0. The van der Waals surface area contributed by atoms with Crippen LogP contribution >= 0.6 is 0 Å². The number of anilines is 2. The number of carbonyl (C=O) groups is 3. The van der Waals surface area contributed by atoms with Gasteiger partial charge in [0, 0.05) is 31.4 Å². The quantitative estimate of drug-likeness (QED) is 0.713. The third kappa shape index (κ3) is 7.34. The van der Waals surface area contributed by atoms with Crippen LogP contribution in [-0.4, -0.2) is 60.2 Å². The summed E-state index contributed by atoms with van der Waals surface area (Å²) in [6, 6.07) is 6.89. The first kappa shape index (κ1) is 20.6. The number of likely N-dealkylation sites (N-methyl/N-ethyl adjacent to an activating group) is 2. The molecule has 1 aromatic carbocycles. The van der Waals surface area contributed by atoms with Crippen molar-refractivity contribution in [2.45, 2.75) is 27.7 Å². The fraction of sp³-hybridized carbons (Fsp3) is 0.500. The lowest BCUT2D eigenvalue weighted by atomic mass is 10.2. The lowest BCUT2D eigenvalue weighted by Gasteiger charge is -2.24. The Labute approximate surface area is 149 Å². The number of nitrogens with zero attached hydrogens (tertiary/aromatic N) is 2. The summed E-state index contributed by atoms with van der Waals surface area (Å²) in [4.78, 5) is 38.9. The average Bonchev–Trinajstić information content (AvgIpc) is 2.56. The van der Waals surface area contributed by atoms with Crippen molar-refractivity contribution in [3.05, 3.63) is 24.3 Å². The summed E-state index contributed by atoms with van der Waals surface area (Å²) in [5.41, 5.74) is 1.32. The van der Waals surface area contributed by atoms with Crippen LogP contribution in [-0.2, 0) is 14.4 Å². The Hall–Kier alpha value is -2.41. The molecular weight excluding hydrogens is 320 g/mol. The highest BCUT2D eigenvalue weighted by Crippen LogP contribution is 2.13. The minimum atomic E-state index is -0.179. The second kappa shape index (κ2) is 10.5. The SMILES string of the molecule is CCN(CC(=O)Nc1ccc(NC(C)=O)cc1)CC(=O)N(CC)CC. The standard InChI is InChI=1S/C18H28N4O3/c1-5-21(13-18(25)22(6-2)7-3)12-17(24)20-16-10-8-15(9-11-16)19-14(4)23/h8-11H,5-7,12-13H2,1-4H3,(H,19,23)(H,20,24). The molecule has 0 aliphatic carbocycles. The summed E-state index contributed by atoms with van der Waals surface area (Å²) < 4.78 is 0. The lowest BCUT2D eigenvalue weighted by molar-refractivity contribution is -0.132. The zero-order valence-corrected chi connectivity index (χ0v) is 15.5. The number of hydrogen-bond donors (Lipinski definition) is 2. The summed E-state index contributed by atoms with van der Waals surface area (Å²) in [6.07, 6.45) is 0. The van der Waals surface area contributed by atoms with Crippen LogP contribution in [0.4, 0.5) is 11.4 Å². The molecule has 0 atom stereocenters. The molecule has 0 radical (unpaired) electrons. The molecule has 0 fully saturated rings. The van der Waals surface area contributed by atoms with Crippen LogP contribution in [0.2, 0.25) is 0 Å². The van der Waals surface area contributed by atoms with Crippen LogP contribution in [0.1, 0.15) is 27.7 Å². The van der Waals surface area contributed by atoms with E-state index in [1.165, 1.54) is 6.92 Å². The van der Waals surface area contributed by atoms with Gasteiger partial charge in [0.05, 0.1) is 13.1 Å². The van der Waals surface area contributed by atoms with Crippen LogP contribution in [0.5, 0.6) is 0 Å². The number of rotatable bonds is 9. The lowest BCUT2D eigenvalue weighted by Crippen LogP contribution is -2.43. The number of amides is 3. The van der Waals surface area contributed by atoms with Crippen LogP contribution in [0.25, 0.3) is 0 Å². The minimum Gasteiger partial charge on any atom is -0.342 e. The van der Waals surface area contributed by atoms with Gasteiger partial charge in [0.15, 0.2) is 0 Å². The van der Waals surface area contributed by atoms with Gasteiger partial charge in [-0.15, -0.1) is 0 Å². The van der Waals surface area contributed by atoms with Crippen molar-refractivity contribution >= 4 is 29.1 Å². The zero-order chi connectivity index (χ0) is 18.8. The zero-order valence-electron chi connectivity index (χ0n) is 15.5. The van der Waals surface area contributed by atoms with E-state index < -0.39 is 0 Å². The molecule has 0 aliphatic rings. The Balaban J connectivity index is 2.55. The van der Waals surface area contributed by atoms with Crippen molar-refractivity contribution in [3.63, 3.8) is 0 Å². The molecule has 0 aliphatic heterocycles. The van der Waals surface area contributed by atoms with Crippen molar-refractivity contribution in [3.8, 4) is 0 Å². The molecular formula is C18H28N4O3. The van der Waals surface area contributed by atoms with Gasteiger partial charge in [-0.3, -0.25) is 19.3 Å². The van der Waals surface area contributed by atoms with Crippen LogP contribution in [0.15, 0.2) is 24.3 Å². The fourth-order valence-electron chi connectivity index (χ4n) is 2.39. The van der Waals surface area contributed by atoms with Crippen LogP contribution in [0, 0.1) is 0 Å². The van der Waals surface area contributed by atoms with E-state index in [4.69, 9.17) is 0 Å². The van der Waals surface area contributed by atoms with Crippen molar-refractivity contribution < 1.29 is 14.4 Å². The number of nitrogens with one attached hydrogen (secondary N) is 2. The fourth-order valence-corrected chi connectivity index (χ4v) is 2.39. The summed E-state index contributed by atoms with van der Waals surface area (Å²) in [7, 11) is 0. The van der Waals surface area contributed by atoms with Gasteiger partial charge >= 0.3 is 0 Å². The van der Waals surface area contributed by atoms with E-state index in [0.717, 1.165) is 0 Å². The van der Waals surface area contributed by atoms with Gasteiger partial charge in [0.2, 0.25) is 17.7 Å². The Kier molecular flexibility index (Phi) is 8.63. The van der Waals surface area contributed by atoms with Gasteiger partial charge < -0.3 is 15.5 Å². The third-order valence-electron chi connectivity index (χ3n) is 3.78. The summed E-state index contributed by atoms with van der Waals surface area (Å²) in [6.45, 7) is 9.56. The van der Waals surface area contributed by atoms with E-state index >= 15 is 0 Å². The molecule has 1 rings (SSSR count). The van der Waals surface area contributed by atoms with Crippen molar-refractivity contribution in [2.24, 2.45) is 0 Å². The Bertz CT molecular complexity index is 582. The van der Waals surface area contributed by atoms with Gasteiger partial charge in [0.25, 0.3) is 0 Å². The number of hydrogen-bond acceptors (Lipinski definition) is 4. The molecule has 2 N–H and O–H groups in total.